The molecule has 0 unspecified atom stereocenters. The molecule has 1 N–H and O–H groups in total. The van der Waals surface area contributed by atoms with E-state index in [-0.39, 0.29) is 0 Å². The molecule has 0 amide bonds. The molecular weight excluding hydrogens is 212 g/mol. The predicted molar refractivity (Wildman–Crippen MR) is 70.0 cm³/mol. The minimum atomic E-state index is 0.710. The van der Waals surface area contributed by atoms with Gasteiger partial charge in [-0.15, -0.1) is 6.58 Å². The van der Waals surface area contributed by atoms with Gasteiger partial charge >= 0.3 is 0 Å². The van der Waals surface area contributed by atoms with Gasteiger partial charge in [-0.25, -0.2) is 9.97 Å². The SMILES string of the molecule is C=CCCN(C)c1ncncc1CNC1CC1. The van der Waals surface area contributed by atoms with E-state index in [2.05, 4.69) is 33.8 Å². The normalized spacial score (nSPS) is 14.6. The van der Waals surface area contributed by atoms with E-state index in [9.17, 15) is 0 Å². The zero-order valence-corrected chi connectivity index (χ0v) is 10.4. The van der Waals surface area contributed by atoms with E-state index in [4.69, 9.17) is 0 Å². The highest BCUT2D eigenvalue weighted by Gasteiger charge is 2.21. The van der Waals surface area contributed by atoms with Gasteiger partial charge in [0.1, 0.15) is 12.1 Å². The molecular formula is C13H20N4. The lowest BCUT2D eigenvalue weighted by Gasteiger charge is -2.20. The number of nitrogens with zero attached hydrogens (tertiary/aromatic N) is 3. The smallest absolute Gasteiger partial charge is 0.136 e. The summed E-state index contributed by atoms with van der Waals surface area (Å²) < 4.78 is 0. The number of hydrogen-bond acceptors (Lipinski definition) is 4. The second kappa shape index (κ2) is 5.77. The lowest BCUT2D eigenvalue weighted by molar-refractivity contribution is 0.680. The molecule has 4 nitrogen and oxygen atoms in total. The van der Waals surface area contributed by atoms with E-state index in [0.29, 0.717) is 6.04 Å². The van der Waals surface area contributed by atoms with Crippen LogP contribution < -0.4 is 10.2 Å². The first-order valence-electron chi connectivity index (χ1n) is 6.15. The molecule has 0 saturated heterocycles. The summed E-state index contributed by atoms with van der Waals surface area (Å²) in [5.41, 5.74) is 1.17. The molecule has 1 heterocycles. The second-order valence-corrected chi connectivity index (χ2v) is 4.53. The fourth-order valence-electron chi connectivity index (χ4n) is 1.75. The first-order valence-corrected chi connectivity index (χ1v) is 6.15. The van der Waals surface area contributed by atoms with Gasteiger partial charge in [0.15, 0.2) is 0 Å². The van der Waals surface area contributed by atoms with Gasteiger partial charge in [0.2, 0.25) is 0 Å². The Balaban J connectivity index is 1.99. The Morgan fingerprint density at radius 3 is 3.12 bits per heavy atom. The van der Waals surface area contributed by atoms with Crippen molar-refractivity contribution in [2.75, 3.05) is 18.5 Å². The van der Waals surface area contributed by atoms with E-state index < -0.39 is 0 Å². The molecule has 0 spiro atoms. The van der Waals surface area contributed by atoms with Crippen LogP contribution >= 0.6 is 0 Å². The summed E-state index contributed by atoms with van der Waals surface area (Å²) in [6, 6.07) is 0.710. The van der Waals surface area contributed by atoms with Crippen LogP contribution in [0.2, 0.25) is 0 Å². The molecule has 17 heavy (non-hydrogen) atoms. The lowest BCUT2D eigenvalue weighted by Crippen LogP contribution is -2.23. The average molecular weight is 232 g/mol. The van der Waals surface area contributed by atoms with Gasteiger partial charge in [-0.05, 0) is 19.3 Å². The monoisotopic (exact) mass is 232 g/mol. The number of aromatic nitrogens is 2. The van der Waals surface area contributed by atoms with Gasteiger partial charge < -0.3 is 10.2 Å². The van der Waals surface area contributed by atoms with Crippen LogP contribution in [0.15, 0.2) is 25.2 Å². The molecule has 92 valence electrons. The number of rotatable bonds is 7. The van der Waals surface area contributed by atoms with Crippen LogP contribution in [-0.4, -0.2) is 29.6 Å². The Hall–Kier alpha value is -1.42. The number of hydrogen-bond donors (Lipinski definition) is 1. The Morgan fingerprint density at radius 2 is 2.41 bits per heavy atom. The maximum absolute atomic E-state index is 4.37. The first kappa shape index (κ1) is 12.0. The van der Waals surface area contributed by atoms with Crippen LogP contribution in [0.4, 0.5) is 5.82 Å². The molecule has 0 bridgehead atoms. The zero-order valence-electron chi connectivity index (χ0n) is 10.4. The number of nitrogens with one attached hydrogen (secondary N) is 1. The number of anilines is 1. The van der Waals surface area contributed by atoms with Crippen molar-refractivity contribution >= 4 is 5.82 Å². The van der Waals surface area contributed by atoms with Crippen molar-refractivity contribution in [3.8, 4) is 0 Å². The second-order valence-electron chi connectivity index (χ2n) is 4.53. The van der Waals surface area contributed by atoms with Crippen LogP contribution in [0.5, 0.6) is 0 Å². The van der Waals surface area contributed by atoms with E-state index in [1.165, 1.54) is 18.4 Å². The summed E-state index contributed by atoms with van der Waals surface area (Å²) in [5, 5.41) is 3.50. The third-order valence-electron chi connectivity index (χ3n) is 2.95. The first-order chi connectivity index (χ1) is 8.31. The van der Waals surface area contributed by atoms with Gasteiger partial charge in [-0.2, -0.15) is 0 Å². The molecule has 0 aliphatic heterocycles. The minimum Gasteiger partial charge on any atom is -0.359 e. The van der Waals surface area contributed by atoms with Crippen molar-refractivity contribution < 1.29 is 0 Å². The Bertz CT molecular complexity index is 373. The highest BCUT2D eigenvalue weighted by atomic mass is 15.2. The van der Waals surface area contributed by atoms with Crippen LogP contribution in [0.25, 0.3) is 0 Å². The minimum absolute atomic E-state index is 0.710. The summed E-state index contributed by atoms with van der Waals surface area (Å²) in [6.45, 7) is 5.55. The largest absolute Gasteiger partial charge is 0.359 e. The Morgan fingerprint density at radius 1 is 1.59 bits per heavy atom. The van der Waals surface area contributed by atoms with Crippen molar-refractivity contribution in [1.29, 1.82) is 0 Å². The van der Waals surface area contributed by atoms with Gasteiger partial charge in [-0.1, -0.05) is 6.08 Å². The standard InChI is InChI=1S/C13H20N4/c1-3-4-7-17(2)13-11(8-14-10-16-13)9-15-12-5-6-12/h3,8,10,12,15H,1,4-7,9H2,2H3. The third-order valence-corrected chi connectivity index (χ3v) is 2.95. The highest BCUT2D eigenvalue weighted by Crippen LogP contribution is 2.21. The molecule has 0 atom stereocenters. The summed E-state index contributed by atoms with van der Waals surface area (Å²) in [7, 11) is 2.06. The average Bonchev–Trinajstić information content (AvgIpc) is 3.18. The van der Waals surface area contributed by atoms with E-state index in [1.54, 1.807) is 6.33 Å². The van der Waals surface area contributed by atoms with Gasteiger partial charge in [0, 0.05) is 37.9 Å². The zero-order chi connectivity index (χ0) is 12.1. The fourth-order valence-corrected chi connectivity index (χ4v) is 1.75. The molecule has 1 aliphatic rings. The van der Waals surface area contributed by atoms with E-state index in [0.717, 1.165) is 25.3 Å². The van der Waals surface area contributed by atoms with E-state index >= 15 is 0 Å². The summed E-state index contributed by atoms with van der Waals surface area (Å²) >= 11 is 0. The van der Waals surface area contributed by atoms with Crippen molar-refractivity contribution in [3.63, 3.8) is 0 Å². The predicted octanol–water partition coefficient (Wildman–Crippen LogP) is 1.74. The van der Waals surface area contributed by atoms with Crippen molar-refractivity contribution in [2.24, 2.45) is 0 Å². The molecule has 1 aromatic rings. The molecule has 4 heteroatoms. The van der Waals surface area contributed by atoms with E-state index in [1.807, 2.05) is 12.3 Å². The van der Waals surface area contributed by atoms with Crippen LogP contribution in [0, 0.1) is 0 Å². The van der Waals surface area contributed by atoms with Crippen molar-refractivity contribution in [1.82, 2.24) is 15.3 Å². The summed E-state index contributed by atoms with van der Waals surface area (Å²) in [4.78, 5) is 10.6. The molecule has 0 radical (unpaired) electrons. The summed E-state index contributed by atoms with van der Waals surface area (Å²) in [6.07, 6.45) is 9.02. The Kier molecular flexibility index (Phi) is 4.09. The third kappa shape index (κ3) is 3.53. The van der Waals surface area contributed by atoms with Gasteiger partial charge in [0.05, 0.1) is 0 Å². The van der Waals surface area contributed by atoms with Gasteiger partial charge in [0.25, 0.3) is 0 Å². The maximum Gasteiger partial charge on any atom is 0.136 e. The molecule has 1 aliphatic carbocycles. The van der Waals surface area contributed by atoms with Crippen molar-refractivity contribution in [2.45, 2.75) is 31.8 Å². The Labute approximate surface area is 103 Å². The molecule has 2 rings (SSSR count). The lowest BCUT2D eigenvalue weighted by atomic mass is 10.2. The van der Waals surface area contributed by atoms with Crippen LogP contribution in [0.3, 0.4) is 0 Å². The van der Waals surface area contributed by atoms with Crippen molar-refractivity contribution in [3.05, 3.63) is 30.7 Å². The molecule has 1 aromatic heterocycles. The molecule has 0 aromatic carbocycles. The molecule has 1 fully saturated rings. The van der Waals surface area contributed by atoms with Crippen LogP contribution in [-0.2, 0) is 6.54 Å². The fraction of sp³-hybridized carbons (Fsp3) is 0.538. The summed E-state index contributed by atoms with van der Waals surface area (Å²) in [5.74, 6) is 1.02. The van der Waals surface area contributed by atoms with Gasteiger partial charge in [-0.3, -0.25) is 0 Å². The maximum atomic E-state index is 4.37. The topological polar surface area (TPSA) is 41.1 Å². The highest BCUT2D eigenvalue weighted by molar-refractivity contribution is 5.44. The molecule has 1 saturated carbocycles. The quantitative estimate of drug-likeness (QED) is 0.727. The van der Waals surface area contributed by atoms with Crippen LogP contribution in [0.1, 0.15) is 24.8 Å².